The second-order valence-electron chi connectivity index (χ2n) is 6.24. The van der Waals surface area contributed by atoms with Crippen molar-refractivity contribution in [2.75, 3.05) is 12.3 Å². The molecule has 0 unspecified atom stereocenters. The summed E-state index contributed by atoms with van der Waals surface area (Å²) in [4.78, 5) is 23.1. The number of halogens is 1. The quantitative estimate of drug-likeness (QED) is 0.285. The Labute approximate surface area is 169 Å². The molecule has 29 heavy (non-hydrogen) atoms. The van der Waals surface area contributed by atoms with Gasteiger partial charge >= 0.3 is 10.3 Å². The summed E-state index contributed by atoms with van der Waals surface area (Å²) < 4.78 is 36.6. The molecule has 5 atom stereocenters. The second kappa shape index (κ2) is 7.94. The Balaban J connectivity index is 1.75. The molecule has 0 radical (unpaired) electrons. The fourth-order valence-electron chi connectivity index (χ4n) is 2.60. The summed E-state index contributed by atoms with van der Waals surface area (Å²) in [6.45, 7) is 0.592. The van der Waals surface area contributed by atoms with Crippen LogP contribution in [0.5, 0.6) is 0 Å². The minimum atomic E-state index is -4.50. The van der Waals surface area contributed by atoms with E-state index in [1.165, 1.54) is 17.8 Å². The van der Waals surface area contributed by atoms with Gasteiger partial charge in [0.05, 0.1) is 19.0 Å². The zero-order valence-corrected chi connectivity index (χ0v) is 16.4. The van der Waals surface area contributed by atoms with Gasteiger partial charge in [0.2, 0.25) is 5.28 Å². The van der Waals surface area contributed by atoms with Crippen LogP contribution >= 0.6 is 11.6 Å². The van der Waals surface area contributed by atoms with Gasteiger partial charge in [0.1, 0.15) is 23.8 Å². The summed E-state index contributed by atoms with van der Waals surface area (Å²) in [5.41, 5.74) is 11.3. The molecule has 1 fully saturated rings. The Morgan fingerprint density at radius 2 is 2.14 bits per heavy atom. The molecule has 16 heteroatoms. The molecule has 0 aromatic carbocycles. The Hall–Kier alpha value is -2.14. The van der Waals surface area contributed by atoms with Crippen molar-refractivity contribution in [1.29, 1.82) is 0 Å². The Morgan fingerprint density at radius 3 is 2.79 bits per heavy atom. The van der Waals surface area contributed by atoms with Gasteiger partial charge in [-0.25, -0.2) is 9.71 Å². The zero-order chi connectivity index (χ0) is 21.5. The number of anilines is 1. The molecule has 1 saturated heterocycles. The van der Waals surface area contributed by atoms with Gasteiger partial charge in [0, 0.05) is 0 Å². The van der Waals surface area contributed by atoms with Crippen LogP contribution in [-0.4, -0.2) is 75.0 Å². The third kappa shape index (κ3) is 4.40. The number of nitrogens with one attached hydrogen (secondary N) is 1. The van der Waals surface area contributed by atoms with Gasteiger partial charge in [-0.05, 0) is 18.5 Å². The van der Waals surface area contributed by atoms with Crippen molar-refractivity contribution in [3.8, 4) is 0 Å². The number of ether oxygens (including phenoxy) is 1. The molecule has 1 amide bonds. The fourth-order valence-corrected chi connectivity index (χ4v) is 3.57. The monoisotopic (exact) mass is 451 g/mol. The van der Waals surface area contributed by atoms with Crippen LogP contribution in [0.1, 0.15) is 13.2 Å². The molecule has 3 heterocycles. The first-order valence-corrected chi connectivity index (χ1v) is 9.92. The number of hydrogen-bond donors (Lipinski definition) is 5. The lowest BCUT2D eigenvalue weighted by molar-refractivity contribution is -0.120. The van der Waals surface area contributed by atoms with Crippen LogP contribution in [0.15, 0.2) is 6.33 Å². The van der Waals surface area contributed by atoms with E-state index in [4.69, 9.17) is 27.8 Å². The Bertz CT molecular complexity index is 1030. The number of nitrogens with zero attached hydrogens (tertiary/aromatic N) is 4. The summed E-state index contributed by atoms with van der Waals surface area (Å²) in [5, 5.41) is 20.4. The summed E-state index contributed by atoms with van der Waals surface area (Å²) in [7, 11) is -4.50. The first-order chi connectivity index (χ1) is 13.5. The number of amides is 1. The van der Waals surface area contributed by atoms with Gasteiger partial charge in [-0.2, -0.15) is 18.4 Å². The van der Waals surface area contributed by atoms with E-state index < -0.39 is 53.4 Å². The first-order valence-electron chi connectivity index (χ1n) is 8.14. The number of fused-ring (bicyclic) bond motifs is 1. The maximum atomic E-state index is 11.8. The van der Waals surface area contributed by atoms with Crippen LogP contribution in [0, 0.1) is 0 Å². The van der Waals surface area contributed by atoms with E-state index in [0.29, 0.717) is 0 Å². The average Bonchev–Trinajstić information content (AvgIpc) is 3.15. The fraction of sp³-hybridized carbons (Fsp3) is 0.538. The number of aliphatic hydroxyl groups is 2. The maximum Gasteiger partial charge on any atom is 0.362 e. The number of hydrogen-bond acceptors (Lipinski definition) is 12. The molecule has 2 aromatic heterocycles. The lowest BCUT2D eigenvalue weighted by atomic mass is 10.1. The van der Waals surface area contributed by atoms with E-state index in [1.807, 2.05) is 0 Å². The summed E-state index contributed by atoms with van der Waals surface area (Å²) >= 11 is 5.79. The molecule has 1 aliphatic rings. The topological polar surface area (TPSA) is 218 Å². The smallest absolute Gasteiger partial charge is 0.362 e. The highest BCUT2D eigenvalue weighted by molar-refractivity contribution is 7.85. The number of rotatable bonds is 6. The zero-order valence-electron chi connectivity index (χ0n) is 14.8. The third-order valence-electron chi connectivity index (χ3n) is 4.06. The van der Waals surface area contributed by atoms with Crippen molar-refractivity contribution in [2.24, 2.45) is 5.73 Å². The molecular formula is C13H18ClN7O7S. The number of aromatic nitrogens is 4. The largest absolute Gasteiger partial charge is 0.387 e. The number of carbonyl (C=O) groups excluding carboxylic acids is 1. The second-order valence-corrected chi connectivity index (χ2v) is 7.93. The van der Waals surface area contributed by atoms with Crippen LogP contribution in [0.2, 0.25) is 5.28 Å². The van der Waals surface area contributed by atoms with E-state index >= 15 is 0 Å². The van der Waals surface area contributed by atoms with Gasteiger partial charge in [0.15, 0.2) is 17.7 Å². The summed E-state index contributed by atoms with van der Waals surface area (Å²) in [6, 6.07) is -1.08. The predicted molar refractivity (Wildman–Crippen MR) is 97.3 cm³/mol. The SMILES string of the molecule is C[C@H](N)C(=O)NS(=O)(=O)OC[C@H]1O[C@H](n2cnc3c(N)nc(Cl)nc32)[C@H](O)[C@@H]1O. The van der Waals surface area contributed by atoms with Crippen LogP contribution in [0.25, 0.3) is 11.2 Å². The van der Waals surface area contributed by atoms with Gasteiger partial charge in [0.25, 0.3) is 5.91 Å². The Morgan fingerprint density at radius 1 is 1.45 bits per heavy atom. The average molecular weight is 452 g/mol. The lowest BCUT2D eigenvalue weighted by Gasteiger charge is -2.16. The maximum absolute atomic E-state index is 11.8. The van der Waals surface area contributed by atoms with Crippen LogP contribution in [-0.2, 0) is 24.0 Å². The van der Waals surface area contributed by atoms with Crippen molar-refractivity contribution in [2.45, 2.75) is 37.5 Å². The number of imidazole rings is 1. The number of nitrogens with two attached hydrogens (primary N) is 2. The normalized spacial score (nSPS) is 26.0. The van der Waals surface area contributed by atoms with Crippen molar-refractivity contribution >= 4 is 44.8 Å². The number of aliphatic hydroxyl groups excluding tert-OH is 2. The summed E-state index contributed by atoms with van der Waals surface area (Å²) in [5.74, 6) is -0.975. The molecule has 0 bridgehead atoms. The van der Waals surface area contributed by atoms with Gasteiger partial charge < -0.3 is 26.4 Å². The molecule has 7 N–H and O–H groups in total. The predicted octanol–water partition coefficient (Wildman–Crippen LogP) is -2.59. The third-order valence-corrected chi connectivity index (χ3v) is 5.13. The van der Waals surface area contributed by atoms with Gasteiger partial charge in [-0.3, -0.25) is 13.5 Å². The van der Waals surface area contributed by atoms with E-state index in [0.717, 1.165) is 0 Å². The van der Waals surface area contributed by atoms with E-state index in [9.17, 15) is 23.4 Å². The molecule has 0 spiro atoms. The molecule has 1 aliphatic heterocycles. The van der Waals surface area contributed by atoms with E-state index in [-0.39, 0.29) is 22.3 Å². The number of nitrogen functional groups attached to an aromatic ring is 1. The molecule has 2 aromatic rings. The minimum Gasteiger partial charge on any atom is -0.387 e. The van der Waals surface area contributed by atoms with Gasteiger partial charge in [-0.1, -0.05) is 0 Å². The van der Waals surface area contributed by atoms with Crippen molar-refractivity contribution in [3.05, 3.63) is 11.6 Å². The van der Waals surface area contributed by atoms with E-state index in [2.05, 4.69) is 19.1 Å². The molecule has 3 rings (SSSR count). The van der Waals surface area contributed by atoms with Crippen LogP contribution < -0.4 is 16.2 Å². The standard InChI is InChI=1S/C13H18ClN7O7S/c1-4(15)11(24)20-29(25,26)27-2-5-7(22)8(23)12(28-5)21-3-17-6-9(16)18-13(14)19-10(6)21/h3-5,7-8,12,22-23H,2,15H2,1H3,(H,20,24)(H2,16,18,19)/t4-,5+,7+,8+,12-/m0/s1. The van der Waals surface area contributed by atoms with E-state index in [1.54, 1.807) is 4.72 Å². The first kappa shape index (κ1) is 21.6. The van der Waals surface area contributed by atoms with Gasteiger partial charge in [-0.15, -0.1) is 0 Å². The van der Waals surface area contributed by atoms with Crippen molar-refractivity contribution in [1.82, 2.24) is 24.2 Å². The lowest BCUT2D eigenvalue weighted by Crippen LogP contribution is -2.43. The summed E-state index contributed by atoms with van der Waals surface area (Å²) in [6.07, 6.45) is -4.22. The molecule has 0 aliphatic carbocycles. The number of carbonyl (C=O) groups is 1. The Kier molecular flexibility index (Phi) is 5.91. The minimum absolute atomic E-state index is 0.00244. The van der Waals surface area contributed by atoms with Crippen molar-refractivity contribution in [3.63, 3.8) is 0 Å². The van der Waals surface area contributed by atoms with Crippen LogP contribution in [0.3, 0.4) is 0 Å². The van der Waals surface area contributed by atoms with Crippen molar-refractivity contribution < 1.29 is 32.3 Å². The highest BCUT2D eigenvalue weighted by atomic mass is 35.5. The molecular weight excluding hydrogens is 434 g/mol. The molecule has 160 valence electrons. The molecule has 0 saturated carbocycles. The highest BCUT2D eigenvalue weighted by Crippen LogP contribution is 2.32. The van der Waals surface area contributed by atoms with Crippen LogP contribution in [0.4, 0.5) is 5.82 Å². The molecule has 14 nitrogen and oxygen atoms in total. The highest BCUT2D eigenvalue weighted by Gasteiger charge is 2.45.